The number of carbonyl (C=O) groups excluding carboxylic acids is 1. The second-order valence-corrected chi connectivity index (χ2v) is 8.93. The lowest BCUT2D eigenvalue weighted by atomic mass is 9.81. The highest BCUT2D eigenvalue weighted by Gasteiger charge is 2.53. The summed E-state index contributed by atoms with van der Waals surface area (Å²) in [6.07, 6.45) is 1.46. The predicted molar refractivity (Wildman–Crippen MR) is 103 cm³/mol. The van der Waals surface area contributed by atoms with E-state index in [-0.39, 0.29) is 23.8 Å². The molecule has 3 rings (SSSR count). The van der Waals surface area contributed by atoms with E-state index in [2.05, 4.69) is 52.8 Å². The molecule has 0 N–H and O–H groups in total. The molecular formula is C18H26BrClN2O2. The Hall–Kier alpha value is -0.780. The lowest BCUT2D eigenvalue weighted by molar-refractivity contribution is -0.143. The highest BCUT2D eigenvalue weighted by atomic mass is 79.9. The van der Waals surface area contributed by atoms with Crippen LogP contribution in [-0.2, 0) is 10.2 Å². The highest BCUT2D eigenvalue weighted by molar-refractivity contribution is 9.10. The van der Waals surface area contributed by atoms with Crippen LogP contribution >= 0.6 is 28.3 Å². The third-order valence-corrected chi connectivity index (χ3v) is 5.77. The molecule has 2 aliphatic rings. The third-order valence-electron chi connectivity index (χ3n) is 5.17. The molecule has 0 saturated carbocycles. The van der Waals surface area contributed by atoms with Crippen LogP contribution in [0.25, 0.3) is 0 Å². The molecule has 1 fully saturated rings. The average Bonchev–Trinajstić information content (AvgIpc) is 2.84. The molecule has 2 heterocycles. The number of fused-ring (bicyclic) bond motifs is 3. The molecule has 2 aliphatic heterocycles. The predicted octanol–water partition coefficient (Wildman–Crippen LogP) is 4.19. The van der Waals surface area contributed by atoms with Gasteiger partial charge in [-0.2, -0.15) is 0 Å². The summed E-state index contributed by atoms with van der Waals surface area (Å²) in [7, 11) is 4.31. The smallest absolute Gasteiger partial charge is 0.316 e. The van der Waals surface area contributed by atoms with Crippen molar-refractivity contribution in [3.63, 3.8) is 0 Å². The summed E-state index contributed by atoms with van der Waals surface area (Å²) in [5.41, 5.74) is 2.02. The Kier molecular flexibility index (Phi) is 5.04. The molecule has 4 nitrogen and oxygen atoms in total. The summed E-state index contributed by atoms with van der Waals surface area (Å²) in [5.74, 6) is 0.418. The largest absolute Gasteiger partial charge is 0.426 e. The lowest BCUT2D eigenvalue weighted by Crippen LogP contribution is -2.45. The van der Waals surface area contributed by atoms with E-state index in [9.17, 15) is 4.79 Å². The van der Waals surface area contributed by atoms with Gasteiger partial charge in [-0.1, -0.05) is 6.92 Å². The Balaban J connectivity index is 0.00000208. The standard InChI is InChI=1S/C18H25BrN2O2.ClH/c1-17(2,3)16(22)23-11-9-12-14(13(19)10-11)21(6)15-18(12,4)7-8-20(15)5;/h9-10,15H,7-8H2,1-6H3;1H/t15?,18-;/m0./s1. The molecule has 0 aromatic heterocycles. The molecule has 0 bridgehead atoms. The SMILES string of the molecule is CN1CC[C@@]2(C)c3cc(OC(=O)C(C)(C)C)cc(Br)c3N(C)C12.Cl. The lowest BCUT2D eigenvalue weighted by Gasteiger charge is -2.32. The molecule has 1 unspecified atom stereocenters. The van der Waals surface area contributed by atoms with Crippen LogP contribution in [0.3, 0.4) is 0 Å². The molecular weight excluding hydrogens is 392 g/mol. The Morgan fingerprint density at radius 1 is 1.33 bits per heavy atom. The maximum atomic E-state index is 12.2. The molecule has 0 radical (unpaired) electrons. The van der Waals surface area contributed by atoms with E-state index in [0.717, 1.165) is 17.4 Å². The number of hydrogen-bond donors (Lipinski definition) is 0. The molecule has 0 spiro atoms. The summed E-state index contributed by atoms with van der Waals surface area (Å²) in [5, 5.41) is 0. The first-order valence-electron chi connectivity index (χ1n) is 8.05. The first kappa shape index (κ1) is 19.5. The second-order valence-electron chi connectivity index (χ2n) is 8.07. The van der Waals surface area contributed by atoms with Crippen LogP contribution in [0, 0.1) is 5.41 Å². The number of anilines is 1. The number of likely N-dealkylation sites (N-methyl/N-ethyl adjacent to an activating group) is 2. The van der Waals surface area contributed by atoms with E-state index in [1.165, 1.54) is 11.3 Å². The van der Waals surface area contributed by atoms with E-state index in [1.807, 2.05) is 26.8 Å². The Morgan fingerprint density at radius 2 is 1.96 bits per heavy atom. The summed E-state index contributed by atoms with van der Waals surface area (Å²) >= 11 is 3.68. The van der Waals surface area contributed by atoms with Crippen molar-refractivity contribution in [2.24, 2.45) is 5.41 Å². The monoisotopic (exact) mass is 416 g/mol. The first-order valence-corrected chi connectivity index (χ1v) is 8.84. The van der Waals surface area contributed by atoms with Gasteiger partial charge in [0.05, 0.1) is 17.3 Å². The van der Waals surface area contributed by atoms with E-state index in [4.69, 9.17) is 4.74 Å². The topological polar surface area (TPSA) is 32.8 Å². The van der Waals surface area contributed by atoms with Crippen LogP contribution < -0.4 is 9.64 Å². The van der Waals surface area contributed by atoms with Gasteiger partial charge in [0, 0.05) is 23.5 Å². The van der Waals surface area contributed by atoms with Crippen molar-refractivity contribution in [3.05, 3.63) is 22.2 Å². The van der Waals surface area contributed by atoms with Gasteiger partial charge in [-0.25, -0.2) is 0 Å². The van der Waals surface area contributed by atoms with Crippen molar-refractivity contribution in [1.29, 1.82) is 0 Å². The van der Waals surface area contributed by atoms with E-state index >= 15 is 0 Å². The van der Waals surface area contributed by atoms with Crippen LogP contribution in [0.4, 0.5) is 5.69 Å². The maximum Gasteiger partial charge on any atom is 0.316 e. The number of carbonyl (C=O) groups is 1. The minimum atomic E-state index is -0.512. The van der Waals surface area contributed by atoms with Crippen LogP contribution in [0.1, 0.15) is 39.7 Å². The van der Waals surface area contributed by atoms with E-state index in [1.54, 1.807) is 0 Å². The summed E-state index contributed by atoms with van der Waals surface area (Å²) in [4.78, 5) is 16.9. The molecule has 2 atom stereocenters. The number of benzene rings is 1. The van der Waals surface area contributed by atoms with Crippen molar-refractivity contribution in [2.75, 3.05) is 25.5 Å². The maximum absolute atomic E-state index is 12.2. The summed E-state index contributed by atoms with van der Waals surface area (Å²) < 4.78 is 6.62. The molecule has 1 aromatic rings. The fraction of sp³-hybridized carbons (Fsp3) is 0.611. The van der Waals surface area contributed by atoms with Crippen molar-refractivity contribution in [3.8, 4) is 5.75 Å². The van der Waals surface area contributed by atoms with Gasteiger partial charge >= 0.3 is 5.97 Å². The van der Waals surface area contributed by atoms with Crippen LogP contribution in [0.15, 0.2) is 16.6 Å². The van der Waals surface area contributed by atoms with Gasteiger partial charge in [0.15, 0.2) is 0 Å². The van der Waals surface area contributed by atoms with Gasteiger partial charge < -0.3 is 9.64 Å². The van der Waals surface area contributed by atoms with Gasteiger partial charge in [0.25, 0.3) is 0 Å². The molecule has 1 saturated heterocycles. The van der Waals surface area contributed by atoms with Crippen molar-refractivity contribution in [1.82, 2.24) is 4.90 Å². The Labute approximate surface area is 159 Å². The Morgan fingerprint density at radius 3 is 2.54 bits per heavy atom. The average molecular weight is 418 g/mol. The zero-order chi connectivity index (χ0) is 17.2. The normalized spacial score (nSPS) is 26.0. The number of hydrogen-bond acceptors (Lipinski definition) is 4. The van der Waals surface area contributed by atoms with Crippen molar-refractivity contribution < 1.29 is 9.53 Å². The van der Waals surface area contributed by atoms with Gasteiger partial charge in [0.2, 0.25) is 0 Å². The third kappa shape index (κ3) is 2.85. The quantitative estimate of drug-likeness (QED) is 0.506. The number of esters is 1. The zero-order valence-corrected chi connectivity index (χ0v) is 17.5. The van der Waals surface area contributed by atoms with Crippen LogP contribution in [0.5, 0.6) is 5.75 Å². The van der Waals surface area contributed by atoms with Crippen molar-refractivity contribution >= 4 is 40.0 Å². The molecule has 1 aromatic carbocycles. The van der Waals surface area contributed by atoms with Crippen LogP contribution in [0.2, 0.25) is 0 Å². The minimum Gasteiger partial charge on any atom is -0.426 e. The van der Waals surface area contributed by atoms with E-state index in [0.29, 0.717) is 11.9 Å². The molecule has 0 amide bonds. The number of ether oxygens (including phenoxy) is 1. The fourth-order valence-corrected chi connectivity index (χ4v) is 4.67. The number of likely N-dealkylation sites (tertiary alicyclic amines) is 1. The first-order chi connectivity index (χ1) is 10.6. The highest BCUT2D eigenvalue weighted by Crippen LogP contribution is 2.54. The van der Waals surface area contributed by atoms with Crippen LogP contribution in [-0.4, -0.2) is 37.7 Å². The van der Waals surface area contributed by atoms with Gasteiger partial charge in [0.1, 0.15) is 5.75 Å². The van der Waals surface area contributed by atoms with Crippen molar-refractivity contribution in [2.45, 2.75) is 45.7 Å². The molecule has 134 valence electrons. The Bertz CT molecular complexity index is 674. The van der Waals surface area contributed by atoms with Gasteiger partial charge in [-0.15, -0.1) is 12.4 Å². The van der Waals surface area contributed by atoms with E-state index < -0.39 is 5.41 Å². The summed E-state index contributed by atoms with van der Waals surface area (Å²) in [6, 6.07) is 3.96. The van der Waals surface area contributed by atoms with Gasteiger partial charge in [-0.05, 0) is 67.9 Å². The fourth-order valence-electron chi connectivity index (χ4n) is 3.95. The molecule has 24 heavy (non-hydrogen) atoms. The minimum absolute atomic E-state index is 0. The number of halogens is 2. The van der Waals surface area contributed by atoms with Gasteiger partial charge in [-0.3, -0.25) is 9.69 Å². The second kappa shape index (κ2) is 6.19. The molecule has 0 aliphatic carbocycles. The molecule has 6 heteroatoms. The number of rotatable bonds is 1. The zero-order valence-electron chi connectivity index (χ0n) is 15.1. The number of nitrogens with zero attached hydrogens (tertiary/aromatic N) is 2. The summed E-state index contributed by atoms with van der Waals surface area (Å²) in [6.45, 7) is 9.00.